The van der Waals surface area contributed by atoms with Gasteiger partial charge < -0.3 is 20.2 Å². The minimum Gasteiger partial charge on any atom is -0.481 e. The molecule has 2 aliphatic rings. The van der Waals surface area contributed by atoms with Crippen molar-refractivity contribution in [3.05, 3.63) is 47.3 Å². The number of benzene rings is 1. The van der Waals surface area contributed by atoms with E-state index >= 15 is 0 Å². The number of hydrogen-bond donors (Lipinski definition) is 2. The standard InChI is InChI=1S/C28H36F3N5O3/c1-35-14-12-22(13-15-35)36(2)25(37)19-8-10-21(11-9-19)33-27-32-17-23(28(29,30)31)24(34-27)5-3-4-18-6-7-20(16-18)26(38)39/h8-11,17-18,20,22H,3-7,12-16H2,1-2H3,(H,38,39)(H,32,33,34)/t18?,20-/m0/s1. The predicted octanol–water partition coefficient (Wildman–Crippen LogP) is 5.23. The number of nitrogens with zero attached hydrogens (tertiary/aromatic N) is 4. The lowest BCUT2D eigenvalue weighted by Crippen LogP contribution is -2.44. The summed E-state index contributed by atoms with van der Waals surface area (Å²) in [6.45, 7) is 1.90. The number of piperidine rings is 1. The van der Waals surface area contributed by atoms with Gasteiger partial charge in [0.2, 0.25) is 5.95 Å². The number of carbonyl (C=O) groups is 2. The van der Waals surface area contributed by atoms with Crippen LogP contribution in [0.4, 0.5) is 24.8 Å². The number of aliphatic carboxylic acids is 1. The minimum absolute atomic E-state index is 0.0485. The number of carboxylic acid groups (broad SMARTS) is 1. The second-order valence-electron chi connectivity index (χ2n) is 10.8. The lowest BCUT2D eigenvalue weighted by atomic mass is 9.97. The van der Waals surface area contributed by atoms with Crippen molar-refractivity contribution in [2.75, 3.05) is 32.5 Å². The van der Waals surface area contributed by atoms with Gasteiger partial charge in [0.05, 0.1) is 17.2 Å². The van der Waals surface area contributed by atoms with Gasteiger partial charge in [0, 0.05) is 30.5 Å². The monoisotopic (exact) mass is 547 g/mol. The molecule has 0 radical (unpaired) electrons. The van der Waals surface area contributed by atoms with E-state index in [0.29, 0.717) is 36.9 Å². The molecule has 1 aliphatic carbocycles. The Morgan fingerprint density at radius 3 is 2.44 bits per heavy atom. The van der Waals surface area contributed by atoms with Crippen molar-refractivity contribution in [3.8, 4) is 0 Å². The molecule has 11 heteroatoms. The Labute approximate surface area is 226 Å². The van der Waals surface area contributed by atoms with Gasteiger partial charge in [0.25, 0.3) is 5.91 Å². The first-order valence-electron chi connectivity index (χ1n) is 13.5. The largest absolute Gasteiger partial charge is 0.481 e. The molecule has 1 aliphatic heterocycles. The summed E-state index contributed by atoms with van der Waals surface area (Å²) in [6, 6.07) is 6.95. The summed E-state index contributed by atoms with van der Waals surface area (Å²) in [6.07, 6.45) is 1.33. The molecule has 0 spiro atoms. The van der Waals surface area contributed by atoms with Crippen molar-refractivity contribution < 1.29 is 27.9 Å². The van der Waals surface area contributed by atoms with Gasteiger partial charge in [0.1, 0.15) is 0 Å². The molecule has 2 N–H and O–H groups in total. The van der Waals surface area contributed by atoms with E-state index in [1.807, 2.05) is 7.05 Å². The molecule has 2 aromatic rings. The van der Waals surface area contributed by atoms with Crippen LogP contribution in [0, 0.1) is 11.8 Å². The molecule has 1 saturated carbocycles. The van der Waals surface area contributed by atoms with Crippen LogP contribution in [0.3, 0.4) is 0 Å². The maximum Gasteiger partial charge on any atom is 0.419 e. The number of carboxylic acids is 1. The number of amides is 1. The van der Waals surface area contributed by atoms with Crippen molar-refractivity contribution >= 4 is 23.5 Å². The summed E-state index contributed by atoms with van der Waals surface area (Å²) in [7, 11) is 3.89. The third kappa shape index (κ3) is 7.46. The zero-order valence-corrected chi connectivity index (χ0v) is 22.4. The van der Waals surface area contributed by atoms with E-state index < -0.39 is 17.7 Å². The average molecular weight is 548 g/mol. The third-order valence-electron chi connectivity index (χ3n) is 8.03. The Hall–Kier alpha value is -3.21. The average Bonchev–Trinajstić information content (AvgIpc) is 3.38. The number of likely N-dealkylation sites (tertiary alicyclic amines) is 1. The molecule has 1 aromatic carbocycles. The number of carbonyl (C=O) groups excluding carboxylic acids is 1. The van der Waals surface area contributed by atoms with Crippen LogP contribution in [0.1, 0.15) is 66.6 Å². The number of rotatable bonds is 9. The molecular weight excluding hydrogens is 511 g/mol. The highest BCUT2D eigenvalue weighted by molar-refractivity contribution is 5.94. The fourth-order valence-corrected chi connectivity index (χ4v) is 5.60. The molecule has 1 aromatic heterocycles. The zero-order valence-electron chi connectivity index (χ0n) is 22.4. The van der Waals surface area contributed by atoms with E-state index in [0.717, 1.165) is 38.5 Å². The molecule has 212 valence electrons. The first-order chi connectivity index (χ1) is 18.5. The van der Waals surface area contributed by atoms with Crippen LogP contribution < -0.4 is 5.32 Å². The normalized spacial score (nSPS) is 20.6. The molecule has 1 saturated heterocycles. The van der Waals surface area contributed by atoms with Gasteiger partial charge in [-0.25, -0.2) is 9.97 Å². The van der Waals surface area contributed by atoms with Gasteiger partial charge in [-0.05, 0) is 95.3 Å². The predicted molar refractivity (Wildman–Crippen MR) is 141 cm³/mol. The molecule has 8 nitrogen and oxygen atoms in total. The van der Waals surface area contributed by atoms with E-state index in [-0.39, 0.29) is 41.8 Å². The minimum atomic E-state index is -4.57. The second kappa shape index (κ2) is 12.3. The summed E-state index contributed by atoms with van der Waals surface area (Å²) < 4.78 is 40.8. The van der Waals surface area contributed by atoms with E-state index in [2.05, 4.69) is 27.2 Å². The number of alkyl halides is 3. The quantitative estimate of drug-likeness (QED) is 0.444. The molecule has 0 bridgehead atoms. The lowest BCUT2D eigenvalue weighted by molar-refractivity contribution is -0.141. The zero-order chi connectivity index (χ0) is 28.2. The van der Waals surface area contributed by atoms with Gasteiger partial charge in [0.15, 0.2) is 0 Å². The van der Waals surface area contributed by atoms with E-state index in [4.69, 9.17) is 0 Å². The van der Waals surface area contributed by atoms with Crippen LogP contribution in [0.25, 0.3) is 0 Å². The van der Waals surface area contributed by atoms with Crippen LogP contribution in [0.2, 0.25) is 0 Å². The molecule has 2 heterocycles. The number of halogens is 3. The number of aryl methyl sites for hydroxylation is 1. The highest BCUT2D eigenvalue weighted by atomic mass is 19.4. The lowest BCUT2D eigenvalue weighted by Gasteiger charge is -2.35. The van der Waals surface area contributed by atoms with Crippen LogP contribution in [0.5, 0.6) is 0 Å². The van der Waals surface area contributed by atoms with Crippen molar-refractivity contribution in [2.24, 2.45) is 11.8 Å². The molecule has 2 fully saturated rings. The molecule has 39 heavy (non-hydrogen) atoms. The first kappa shape index (κ1) is 28.8. The number of aromatic nitrogens is 2. The van der Waals surface area contributed by atoms with Crippen molar-refractivity contribution in [3.63, 3.8) is 0 Å². The molecule has 2 atom stereocenters. The summed E-state index contributed by atoms with van der Waals surface area (Å²) in [4.78, 5) is 36.2. The molecular formula is C28H36F3N5O3. The highest BCUT2D eigenvalue weighted by Gasteiger charge is 2.35. The smallest absolute Gasteiger partial charge is 0.419 e. The Morgan fingerprint density at radius 1 is 1.13 bits per heavy atom. The van der Waals surface area contributed by atoms with Gasteiger partial charge in [-0.15, -0.1) is 0 Å². The highest BCUT2D eigenvalue weighted by Crippen LogP contribution is 2.36. The molecule has 1 unspecified atom stereocenters. The summed E-state index contributed by atoms with van der Waals surface area (Å²) in [5.74, 6) is -0.968. The van der Waals surface area contributed by atoms with Crippen molar-refractivity contribution in [2.45, 2.75) is 63.6 Å². The fraction of sp³-hybridized carbons (Fsp3) is 0.571. The number of nitrogens with one attached hydrogen (secondary N) is 1. The molecule has 1 amide bonds. The number of anilines is 2. The van der Waals surface area contributed by atoms with E-state index in [1.165, 1.54) is 0 Å². The van der Waals surface area contributed by atoms with Crippen LogP contribution in [-0.2, 0) is 17.4 Å². The van der Waals surface area contributed by atoms with Crippen LogP contribution in [-0.4, -0.2) is 70.0 Å². The number of hydrogen-bond acceptors (Lipinski definition) is 6. The third-order valence-corrected chi connectivity index (χ3v) is 8.03. The van der Waals surface area contributed by atoms with E-state index in [9.17, 15) is 27.9 Å². The summed E-state index contributed by atoms with van der Waals surface area (Å²) >= 11 is 0. The van der Waals surface area contributed by atoms with Gasteiger partial charge >= 0.3 is 12.1 Å². The summed E-state index contributed by atoms with van der Waals surface area (Å²) in [5.41, 5.74) is 0.151. The maximum absolute atomic E-state index is 13.6. The Bertz CT molecular complexity index is 1150. The Kier molecular flexibility index (Phi) is 9.09. The van der Waals surface area contributed by atoms with Gasteiger partial charge in [-0.3, -0.25) is 9.59 Å². The fourth-order valence-electron chi connectivity index (χ4n) is 5.60. The Morgan fingerprint density at radius 2 is 1.82 bits per heavy atom. The topological polar surface area (TPSA) is 98.7 Å². The van der Waals surface area contributed by atoms with Crippen LogP contribution in [0.15, 0.2) is 30.5 Å². The summed E-state index contributed by atoms with van der Waals surface area (Å²) in [5, 5.41) is 12.1. The van der Waals surface area contributed by atoms with Gasteiger partial charge in [-0.2, -0.15) is 13.2 Å². The Balaban J connectivity index is 1.38. The van der Waals surface area contributed by atoms with E-state index in [1.54, 1.807) is 29.2 Å². The van der Waals surface area contributed by atoms with Crippen LogP contribution >= 0.6 is 0 Å². The van der Waals surface area contributed by atoms with Crippen molar-refractivity contribution in [1.82, 2.24) is 19.8 Å². The molecule has 4 rings (SSSR count). The first-order valence-corrected chi connectivity index (χ1v) is 13.5. The second-order valence-corrected chi connectivity index (χ2v) is 10.8. The van der Waals surface area contributed by atoms with Gasteiger partial charge in [-0.1, -0.05) is 6.42 Å². The maximum atomic E-state index is 13.6. The SMILES string of the molecule is CN1CCC(N(C)C(=O)c2ccc(Nc3ncc(C(F)(F)F)c(CCCC4CC[C@H](C(=O)O)C4)n3)cc2)CC1. The van der Waals surface area contributed by atoms with Crippen molar-refractivity contribution in [1.29, 1.82) is 0 Å².